The molecule has 0 aliphatic rings. The molecule has 0 radical (unpaired) electrons. The van der Waals surface area contributed by atoms with Crippen molar-refractivity contribution >= 4 is 11.7 Å². The van der Waals surface area contributed by atoms with Gasteiger partial charge in [0.1, 0.15) is 11.6 Å². The van der Waals surface area contributed by atoms with Crippen LogP contribution in [0.1, 0.15) is 29.6 Å². The Morgan fingerprint density at radius 2 is 2.20 bits per heavy atom. The van der Waals surface area contributed by atoms with Crippen molar-refractivity contribution in [3.8, 4) is 0 Å². The van der Waals surface area contributed by atoms with Crippen LogP contribution >= 0.6 is 0 Å². The Bertz CT molecular complexity index is 537. The van der Waals surface area contributed by atoms with E-state index in [0.29, 0.717) is 11.5 Å². The normalized spacial score (nSPS) is 11.9. The monoisotopic (exact) mass is 274 g/mol. The lowest BCUT2D eigenvalue weighted by atomic mass is 10.1. The van der Waals surface area contributed by atoms with Crippen molar-refractivity contribution in [3.05, 3.63) is 42.0 Å². The van der Waals surface area contributed by atoms with Gasteiger partial charge in [-0.1, -0.05) is 0 Å². The van der Waals surface area contributed by atoms with Crippen molar-refractivity contribution in [2.45, 2.75) is 25.8 Å². The largest absolute Gasteiger partial charge is 0.469 e. The molecule has 0 fully saturated rings. The van der Waals surface area contributed by atoms with Gasteiger partial charge < -0.3 is 15.1 Å². The van der Waals surface area contributed by atoms with E-state index in [0.717, 1.165) is 18.6 Å². The topological polar surface area (TPSA) is 80.0 Å². The molecule has 6 nitrogen and oxygen atoms in total. The highest BCUT2D eigenvalue weighted by atomic mass is 16.3. The van der Waals surface area contributed by atoms with E-state index in [4.69, 9.17) is 4.42 Å². The maximum Gasteiger partial charge on any atom is 0.271 e. The number of carbonyl (C=O) groups is 1. The first-order valence-corrected chi connectivity index (χ1v) is 6.54. The third kappa shape index (κ3) is 3.81. The fraction of sp³-hybridized carbons (Fsp3) is 0.357. The highest BCUT2D eigenvalue weighted by molar-refractivity contribution is 5.91. The van der Waals surface area contributed by atoms with Crippen molar-refractivity contribution in [1.29, 1.82) is 0 Å². The zero-order valence-corrected chi connectivity index (χ0v) is 11.6. The second kappa shape index (κ2) is 6.70. The summed E-state index contributed by atoms with van der Waals surface area (Å²) in [4.78, 5) is 11.3. The van der Waals surface area contributed by atoms with Crippen LogP contribution < -0.4 is 10.6 Å². The molecule has 0 bridgehead atoms. The average molecular weight is 274 g/mol. The summed E-state index contributed by atoms with van der Waals surface area (Å²) in [6.07, 6.45) is 3.47. The second-order valence-electron chi connectivity index (χ2n) is 4.55. The molecule has 20 heavy (non-hydrogen) atoms. The number of rotatable bonds is 6. The maximum atomic E-state index is 11.3. The summed E-state index contributed by atoms with van der Waals surface area (Å²) in [6, 6.07) is 7.48. The summed E-state index contributed by atoms with van der Waals surface area (Å²) in [5.74, 6) is 1.39. The number of aromatic nitrogens is 2. The van der Waals surface area contributed by atoms with Crippen molar-refractivity contribution in [2.75, 3.05) is 12.4 Å². The Kier molecular flexibility index (Phi) is 4.70. The third-order valence-electron chi connectivity index (χ3n) is 2.92. The van der Waals surface area contributed by atoms with Crippen LogP contribution in [-0.4, -0.2) is 29.2 Å². The summed E-state index contributed by atoms with van der Waals surface area (Å²) in [7, 11) is 1.56. The Balaban J connectivity index is 1.84. The molecule has 2 aromatic heterocycles. The zero-order chi connectivity index (χ0) is 14.4. The summed E-state index contributed by atoms with van der Waals surface area (Å²) in [6.45, 7) is 2.07. The van der Waals surface area contributed by atoms with Gasteiger partial charge in [0.25, 0.3) is 5.91 Å². The molecule has 2 rings (SSSR count). The van der Waals surface area contributed by atoms with Crippen LogP contribution in [0, 0.1) is 0 Å². The molecule has 0 aliphatic heterocycles. The van der Waals surface area contributed by atoms with E-state index >= 15 is 0 Å². The molecule has 0 saturated carbocycles. The molecule has 0 spiro atoms. The summed E-state index contributed by atoms with van der Waals surface area (Å²) in [5.41, 5.74) is 0.307. The first-order chi connectivity index (χ1) is 9.69. The smallest absolute Gasteiger partial charge is 0.271 e. The second-order valence-corrected chi connectivity index (χ2v) is 4.55. The Hall–Kier alpha value is -2.37. The van der Waals surface area contributed by atoms with E-state index < -0.39 is 0 Å². The number of amides is 1. The molecule has 6 heteroatoms. The van der Waals surface area contributed by atoms with Crippen LogP contribution in [0.25, 0.3) is 0 Å². The van der Waals surface area contributed by atoms with Gasteiger partial charge in [-0.15, -0.1) is 10.2 Å². The molecule has 2 N–H and O–H groups in total. The van der Waals surface area contributed by atoms with Crippen molar-refractivity contribution in [1.82, 2.24) is 15.5 Å². The Morgan fingerprint density at radius 1 is 1.35 bits per heavy atom. The maximum absolute atomic E-state index is 11.3. The number of hydrogen-bond acceptors (Lipinski definition) is 5. The van der Waals surface area contributed by atoms with Gasteiger partial charge in [-0.2, -0.15) is 0 Å². The lowest BCUT2D eigenvalue weighted by Crippen LogP contribution is -2.21. The van der Waals surface area contributed by atoms with Crippen molar-refractivity contribution < 1.29 is 9.21 Å². The fourth-order valence-corrected chi connectivity index (χ4v) is 1.80. The van der Waals surface area contributed by atoms with Crippen molar-refractivity contribution in [2.24, 2.45) is 0 Å². The highest BCUT2D eigenvalue weighted by Gasteiger charge is 2.08. The molecule has 1 amide bonds. The van der Waals surface area contributed by atoms with E-state index in [1.807, 2.05) is 12.1 Å². The minimum atomic E-state index is -0.241. The molecule has 0 aromatic carbocycles. The molecule has 0 aliphatic carbocycles. The van der Waals surface area contributed by atoms with Gasteiger partial charge in [0.05, 0.1) is 6.26 Å². The predicted octanol–water partition coefficient (Wildman–Crippen LogP) is 1.86. The van der Waals surface area contributed by atoms with Crippen LogP contribution in [-0.2, 0) is 6.42 Å². The predicted molar refractivity (Wildman–Crippen MR) is 75.5 cm³/mol. The number of anilines is 1. The van der Waals surface area contributed by atoms with Gasteiger partial charge in [-0.3, -0.25) is 4.79 Å². The molecule has 1 unspecified atom stereocenters. The highest BCUT2D eigenvalue weighted by Crippen LogP contribution is 2.10. The molecule has 106 valence electrons. The van der Waals surface area contributed by atoms with Gasteiger partial charge in [0.2, 0.25) is 0 Å². The molecular weight excluding hydrogens is 256 g/mol. The fourth-order valence-electron chi connectivity index (χ4n) is 1.80. The van der Waals surface area contributed by atoms with Crippen LogP contribution in [0.2, 0.25) is 0 Å². The van der Waals surface area contributed by atoms with Crippen LogP contribution in [0.15, 0.2) is 34.9 Å². The average Bonchev–Trinajstić information content (AvgIpc) is 2.98. The molecular formula is C14H18N4O2. The molecule has 0 saturated heterocycles. The molecule has 1 atom stereocenters. The van der Waals surface area contributed by atoms with Gasteiger partial charge in [-0.25, -0.2) is 0 Å². The lowest BCUT2D eigenvalue weighted by Gasteiger charge is -2.13. The van der Waals surface area contributed by atoms with Gasteiger partial charge in [-0.05, 0) is 37.6 Å². The van der Waals surface area contributed by atoms with Gasteiger partial charge in [0.15, 0.2) is 5.69 Å². The Morgan fingerprint density at radius 3 is 2.80 bits per heavy atom. The van der Waals surface area contributed by atoms with Gasteiger partial charge >= 0.3 is 0 Å². The van der Waals surface area contributed by atoms with E-state index in [9.17, 15) is 4.79 Å². The number of aryl methyl sites for hydroxylation is 1. The van der Waals surface area contributed by atoms with E-state index in [-0.39, 0.29) is 11.9 Å². The quantitative estimate of drug-likeness (QED) is 0.840. The van der Waals surface area contributed by atoms with E-state index in [1.54, 1.807) is 25.4 Å². The van der Waals surface area contributed by atoms with Crippen LogP contribution in [0.5, 0.6) is 0 Å². The van der Waals surface area contributed by atoms with E-state index in [2.05, 4.69) is 27.8 Å². The van der Waals surface area contributed by atoms with Gasteiger partial charge in [0, 0.05) is 19.5 Å². The standard InChI is InChI=1S/C14H18N4O2/c1-10(5-6-11-4-3-9-20-11)16-13-8-7-12(17-18-13)14(19)15-2/h3-4,7-10H,5-6H2,1-2H3,(H,15,19)(H,16,18). The first-order valence-electron chi connectivity index (χ1n) is 6.54. The SMILES string of the molecule is CNC(=O)c1ccc(NC(C)CCc2ccco2)nn1. The summed E-state index contributed by atoms with van der Waals surface area (Å²) >= 11 is 0. The number of nitrogens with one attached hydrogen (secondary N) is 2. The lowest BCUT2D eigenvalue weighted by molar-refractivity contribution is 0.0957. The zero-order valence-electron chi connectivity index (χ0n) is 11.6. The van der Waals surface area contributed by atoms with Crippen LogP contribution in [0.3, 0.4) is 0 Å². The number of furan rings is 1. The first kappa shape index (κ1) is 14.0. The molecule has 2 aromatic rings. The molecule has 2 heterocycles. The number of nitrogens with zero attached hydrogens (tertiary/aromatic N) is 2. The number of carbonyl (C=O) groups excluding carboxylic acids is 1. The summed E-state index contributed by atoms with van der Waals surface area (Å²) < 4.78 is 5.29. The van der Waals surface area contributed by atoms with Crippen LogP contribution in [0.4, 0.5) is 5.82 Å². The summed E-state index contributed by atoms with van der Waals surface area (Å²) in [5, 5.41) is 13.6. The van der Waals surface area contributed by atoms with E-state index in [1.165, 1.54) is 0 Å². The van der Waals surface area contributed by atoms with Crippen molar-refractivity contribution in [3.63, 3.8) is 0 Å². The Labute approximate surface area is 117 Å². The minimum absolute atomic E-state index is 0.236. The number of hydrogen-bond donors (Lipinski definition) is 2. The minimum Gasteiger partial charge on any atom is -0.469 e. The third-order valence-corrected chi connectivity index (χ3v) is 2.92.